The van der Waals surface area contributed by atoms with Gasteiger partial charge in [-0.2, -0.15) is 0 Å². The van der Waals surface area contributed by atoms with E-state index in [1.165, 1.54) is 93.8 Å². The van der Waals surface area contributed by atoms with E-state index in [-0.39, 0.29) is 0 Å². The van der Waals surface area contributed by atoms with E-state index >= 15 is 0 Å². The molecule has 56 heavy (non-hydrogen) atoms. The molecule has 2 nitrogen and oxygen atoms in total. The van der Waals surface area contributed by atoms with E-state index in [2.05, 4.69) is 215 Å². The number of nitrogens with zero attached hydrogens (tertiary/aromatic N) is 2. The van der Waals surface area contributed by atoms with Crippen LogP contribution in [0.4, 0.5) is 0 Å². The number of hydrogen-bond donors (Lipinski definition) is 0. The van der Waals surface area contributed by atoms with Gasteiger partial charge in [0.25, 0.3) is 0 Å². The van der Waals surface area contributed by atoms with Gasteiger partial charge >= 0.3 is 0 Å². The number of hydrogen-bond acceptors (Lipinski definition) is 0. The summed E-state index contributed by atoms with van der Waals surface area (Å²) in [4.78, 5) is 0. The van der Waals surface area contributed by atoms with E-state index in [0.29, 0.717) is 0 Å². The quantitative estimate of drug-likeness (QED) is 0.162. The molecule has 0 saturated heterocycles. The van der Waals surface area contributed by atoms with Crippen molar-refractivity contribution in [3.8, 4) is 44.8 Å². The molecule has 0 saturated carbocycles. The zero-order chi connectivity index (χ0) is 37.0. The molecule has 2 heterocycles. The minimum absolute atomic E-state index is 1.07. The van der Waals surface area contributed by atoms with Crippen LogP contribution in [0.5, 0.6) is 0 Å². The number of allylic oxidation sites excluding steroid dienone is 4. The molecule has 2 heteroatoms. The molecule has 0 amide bonds. The van der Waals surface area contributed by atoms with E-state index in [4.69, 9.17) is 0 Å². The van der Waals surface area contributed by atoms with E-state index in [1.54, 1.807) is 0 Å². The summed E-state index contributed by atoms with van der Waals surface area (Å²) in [6.45, 7) is 0. The number of fused-ring (bicyclic) bond motifs is 6. The van der Waals surface area contributed by atoms with Crippen LogP contribution in [0, 0.1) is 0 Å². The lowest BCUT2D eigenvalue weighted by Gasteiger charge is -2.15. The van der Waals surface area contributed by atoms with Crippen molar-refractivity contribution in [2.75, 3.05) is 0 Å². The minimum atomic E-state index is 1.07. The second-order valence-electron chi connectivity index (χ2n) is 14.9. The van der Waals surface area contributed by atoms with Crippen LogP contribution in [0.25, 0.3) is 93.9 Å². The van der Waals surface area contributed by atoms with Crippen LogP contribution < -0.4 is 0 Å². The van der Waals surface area contributed by atoms with Gasteiger partial charge in [-0.25, -0.2) is 0 Å². The first kappa shape index (κ1) is 32.3. The summed E-state index contributed by atoms with van der Waals surface area (Å²) in [6, 6.07) is 69.0. The maximum Gasteiger partial charge on any atom is 0.0541 e. The zero-order valence-corrected chi connectivity index (χ0v) is 30.9. The molecule has 0 bridgehead atoms. The van der Waals surface area contributed by atoms with Crippen LogP contribution in [-0.2, 0) is 0 Å². The summed E-state index contributed by atoms with van der Waals surface area (Å²) in [5.41, 5.74) is 17.0. The Balaban J connectivity index is 1.07. The van der Waals surface area contributed by atoms with Gasteiger partial charge in [0.2, 0.25) is 0 Å². The van der Waals surface area contributed by atoms with Crippen molar-refractivity contribution in [2.24, 2.45) is 0 Å². The van der Waals surface area contributed by atoms with E-state index in [1.807, 2.05) is 0 Å². The molecule has 2 aromatic heterocycles. The second kappa shape index (κ2) is 13.3. The average Bonchev–Trinajstić information content (AvgIpc) is 3.79. The second-order valence-corrected chi connectivity index (χ2v) is 14.9. The Kier molecular flexibility index (Phi) is 7.67. The Labute approximate surface area is 326 Å². The number of benzene rings is 8. The molecule has 0 aliphatic heterocycles. The first-order valence-corrected chi connectivity index (χ1v) is 19.6. The predicted octanol–water partition coefficient (Wildman–Crippen LogP) is 14.6. The van der Waals surface area contributed by atoms with Crippen molar-refractivity contribution in [1.82, 2.24) is 9.13 Å². The van der Waals surface area contributed by atoms with E-state index in [0.717, 1.165) is 18.5 Å². The molecule has 0 atom stereocenters. The molecular formula is C54H38N2. The van der Waals surface area contributed by atoms with Gasteiger partial charge in [0, 0.05) is 32.9 Å². The first-order chi connectivity index (χ1) is 27.8. The molecule has 1 aliphatic carbocycles. The smallest absolute Gasteiger partial charge is 0.0541 e. The number of rotatable bonds is 6. The fraction of sp³-hybridized carbons (Fsp3) is 0.0370. The Hall–Kier alpha value is -7.16. The van der Waals surface area contributed by atoms with Gasteiger partial charge in [0.05, 0.1) is 22.1 Å². The van der Waals surface area contributed by atoms with Crippen LogP contribution in [-0.4, -0.2) is 9.13 Å². The van der Waals surface area contributed by atoms with Crippen LogP contribution in [0.3, 0.4) is 0 Å². The Morgan fingerprint density at radius 1 is 0.304 bits per heavy atom. The molecule has 10 aromatic rings. The molecule has 0 N–H and O–H groups in total. The van der Waals surface area contributed by atoms with Gasteiger partial charge in [-0.3, -0.25) is 0 Å². The van der Waals surface area contributed by atoms with Crippen molar-refractivity contribution in [3.63, 3.8) is 0 Å². The van der Waals surface area contributed by atoms with Crippen molar-refractivity contribution in [3.05, 3.63) is 212 Å². The fourth-order valence-corrected chi connectivity index (χ4v) is 8.85. The maximum atomic E-state index is 2.46. The van der Waals surface area contributed by atoms with Crippen LogP contribution in [0.15, 0.2) is 206 Å². The third-order valence-electron chi connectivity index (χ3n) is 11.5. The summed E-state index contributed by atoms with van der Waals surface area (Å²) in [7, 11) is 0. The van der Waals surface area contributed by atoms with Crippen molar-refractivity contribution in [1.29, 1.82) is 0 Å². The largest absolute Gasteiger partial charge is 0.309 e. The Morgan fingerprint density at radius 3 is 1.43 bits per heavy atom. The summed E-state index contributed by atoms with van der Waals surface area (Å²) in [5, 5.41) is 5.01. The minimum Gasteiger partial charge on any atom is -0.309 e. The molecule has 8 aromatic carbocycles. The van der Waals surface area contributed by atoms with Crippen LogP contribution >= 0.6 is 0 Å². The van der Waals surface area contributed by atoms with E-state index < -0.39 is 0 Å². The number of para-hydroxylation sites is 2. The average molecular weight is 715 g/mol. The fourth-order valence-electron chi connectivity index (χ4n) is 8.85. The first-order valence-electron chi connectivity index (χ1n) is 19.6. The summed E-state index contributed by atoms with van der Waals surface area (Å²) in [5.74, 6) is 0. The lowest BCUT2D eigenvalue weighted by Crippen LogP contribution is -1.97. The highest BCUT2D eigenvalue weighted by Gasteiger charge is 2.18. The molecule has 0 radical (unpaired) electrons. The molecule has 264 valence electrons. The van der Waals surface area contributed by atoms with Crippen molar-refractivity contribution >= 4 is 49.2 Å². The van der Waals surface area contributed by atoms with Gasteiger partial charge in [-0.05, 0) is 124 Å². The third-order valence-corrected chi connectivity index (χ3v) is 11.5. The predicted molar refractivity (Wildman–Crippen MR) is 238 cm³/mol. The molecule has 0 fully saturated rings. The molecule has 1 aliphatic rings. The van der Waals surface area contributed by atoms with Gasteiger partial charge in [-0.15, -0.1) is 0 Å². The van der Waals surface area contributed by atoms with Gasteiger partial charge in [0.15, 0.2) is 0 Å². The monoisotopic (exact) mass is 714 g/mol. The topological polar surface area (TPSA) is 9.86 Å². The highest BCUT2D eigenvalue weighted by atomic mass is 15.0. The summed E-state index contributed by atoms with van der Waals surface area (Å²) < 4.78 is 4.87. The zero-order valence-electron chi connectivity index (χ0n) is 30.9. The summed E-state index contributed by atoms with van der Waals surface area (Å²) >= 11 is 0. The highest BCUT2D eigenvalue weighted by molar-refractivity contribution is 6.13. The normalized spacial score (nSPS) is 12.9. The SMILES string of the molecule is C1=CC(c2cc(-c3ccccc3)cc(-n3c4ccccc4c4cc(-c5ccc6c(c5)c5ccccc5n6-c5cccc(-c6ccccc6)c5)ccc43)c2)=CCC1. The molecule has 11 rings (SSSR count). The third kappa shape index (κ3) is 5.41. The number of aromatic nitrogens is 2. The van der Waals surface area contributed by atoms with Crippen LogP contribution in [0.1, 0.15) is 18.4 Å². The van der Waals surface area contributed by atoms with Gasteiger partial charge in [-0.1, -0.05) is 140 Å². The van der Waals surface area contributed by atoms with Crippen molar-refractivity contribution in [2.45, 2.75) is 12.8 Å². The Bertz CT molecular complexity index is 3170. The summed E-state index contributed by atoms with van der Waals surface area (Å²) in [6.07, 6.45) is 9.13. The standard InChI is InChI=1S/C54H38N2/c1-4-15-37(16-5-1)40-21-14-22-45(32-40)55-51-25-12-10-23-47(51)49-35-41(27-29-53(49)55)42-28-30-54-50(36-42)48-24-11-13-26-52(48)56(54)46-33-43(38-17-6-2-7-18-38)31-44(34-46)39-19-8-3-9-20-39/h1-2,4-8,10-36H,3,9H2. The van der Waals surface area contributed by atoms with Crippen LogP contribution in [0.2, 0.25) is 0 Å². The maximum absolute atomic E-state index is 2.46. The lowest BCUT2D eigenvalue weighted by atomic mass is 9.95. The lowest BCUT2D eigenvalue weighted by molar-refractivity contribution is 1.04. The highest BCUT2D eigenvalue weighted by Crippen LogP contribution is 2.40. The molecular weight excluding hydrogens is 677 g/mol. The molecule has 0 unspecified atom stereocenters. The molecule has 0 spiro atoms. The van der Waals surface area contributed by atoms with E-state index in [9.17, 15) is 0 Å². The van der Waals surface area contributed by atoms with Crippen molar-refractivity contribution < 1.29 is 0 Å². The Morgan fingerprint density at radius 2 is 0.804 bits per heavy atom. The van der Waals surface area contributed by atoms with Gasteiger partial charge in [0.1, 0.15) is 0 Å². The van der Waals surface area contributed by atoms with Gasteiger partial charge < -0.3 is 9.13 Å².